The maximum Gasteiger partial charge on any atom is 0.178 e. The third-order valence-corrected chi connectivity index (χ3v) is 3.20. The predicted octanol–water partition coefficient (Wildman–Crippen LogP) is 0.998. The van der Waals surface area contributed by atoms with Gasteiger partial charge in [-0.3, -0.25) is 0 Å². The van der Waals surface area contributed by atoms with Gasteiger partial charge >= 0.3 is 0 Å². The van der Waals surface area contributed by atoms with Crippen molar-refractivity contribution in [2.45, 2.75) is 26.1 Å². The third kappa shape index (κ3) is 2.52. The first-order valence-corrected chi connectivity index (χ1v) is 6.37. The standard InChI is InChI=1S/C12H17N5O2/c1-9-14-15-11-4-3-10(16-17(9)11)13-6-5-12(2)18-7-8-19-12/h3-4H,5-8H2,1-2H3,(H,13,16). The molecule has 3 rings (SSSR count). The average Bonchev–Trinajstić information content (AvgIpc) is 2.98. The topological polar surface area (TPSA) is 73.6 Å². The van der Waals surface area contributed by atoms with Gasteiger partial charge in [-0.05, 0) is 26.0 Å². The van der Waals surface area contributed by atoms with Crippen molar-refractivity contribution in [3.8, 4) is 0 Å². The second kappa shape index (κ2) is 4.75. The molecule has 0 unspecified atom stereocenters. The first-order chi connectivity index (χ1) is 9.16. The molecule has 0 radical (unpaired) electrons. The highest BCUT2D eigenvalue weighted by molar-refractivity contribution is 5.43. The molecule has 102 valence electrons. The van der Waals surface area contributed by atoms with Crippen LogP contribution in [0.3, 0.4) is 0 Å². The lowest BCUT2D eigenvalue weighted by atomic mass is 10.2. The molecule has 0 spiro atoms. The molecule has 19 heavy (non-hydrogen) atoms. The van der Waals surface area contributed by atoms with Crippen molar-refractivity contribution in [3.63, 3.8) is 0 Å². The number of hydrogen-bond donors (Lipinski definition) is 1. The Bertz CT molecular complexity index is 577. The van der Waals surface area contributed by atoms with E-state index in [4.69, 9.17) is 9.47 Å². The molecule has 2 aromatic heterocycles. The van der Waals surface area contributed by atoms with Crippen molar-refractivity contribution < 1.29 is 9.47 Å². The molecule has 0 aliphatic carbocycles. The number of anilines is 1. The molecule has 0 saturated carbocycles. The van der Waals surface area contributed by atoms with E-state index in [1.807, 2.05) is 26.0 Å². The number of aryl methyl sites for hydroxylation is 1. The molecule has 1 aliphatic rings. The van der Waals surface area contributed by atoms with E-state index >= 15 is 0 Å². The van der Waals surface area contributed by atoms with Gasteiger partial charge in [0.15, 0.2) is 17.3 Å². The predicted molar refractivity (Wildman–Crippen MR) is 68.9 cm³/mol. The minimum absolute atomic E-state index is 0.469. The Morgan fingerprint density at radius 3 is 2.89 bits per heavy atom. The quantitative estimate of drug-likeness (QED) is 0.887. The molecular formula is C12H17N5O2. The van der Waals surface area contributed by atoms with Crippen LogP contribution in [0.15, 0.2) is 12.1 Å². The fourth-order valence-corrected chi connectivity index (χ4v) is 2.11. The molecular weight excluding hydrogens is 246 g/mol. The van der Waals surface area contributed by atoms with Crippen molar-refractivity contribution >= 4 is 11.5 Å². The minimum Gasteiger partial charge on any atom is -0.368 e. The zero-order valence-corrected chi connectivity index (χ0v) is 11.1. The van der Waals surface area contributed by atoms with E-state index in [0.717, 1.165) is 30.3 Å². The second-order valence-corrected chi connectivity index (χ2v) is 4.74. The van der Waals surface area contributed by atoms with E-state index in [0.29, 0.717) is 13.2 Å². The lowest BCUT2D eigenvalue weighted by molar-refractivity contribution is -0.144. The molecule has 2 aromatic rings. The highest BCUT2D eigenvalue weighted by Gasteiger charge is 2.30. The van der Waals surface area contributed by atoms with Gasteiger partial charge in [0.1, 0.15) is 5.82 Å². The smallest absolute Gasteiger partial charge is 0.178 e. The summed E-state index contributed by atoms with van der Waals surface area (Å²) in [7, 11) is 0. The van der Waals surface area contributed by atoms with Gasteiger partial charge in [0.25, 0.3) is 0 Å². The first-order valence-electron chi connectivity index (χ1n) is 6.37. The Hall–Kier alpha value is -1.73. The Morgan fingerprint density at radius 2 is 2.11 bits per heavy atom. The van der Waals surface area contributed by atoms with Gasteiger partial charge < -0.3 is 14.8 Å². The summed E-state index contributed by atoms with van der Waals surface area (Å²) >= 11 is 0. The molecule has 0 bridgehead atoms. The summed E-state index contributed by atoms with van der Waals surface area (Å²) in [5, 5.41) is 15.6. The highest BCUT2D eigenvalue weighted by atomic mass is 16.7. The van der Waals surface area contributed by atoms with Gasteiger partial charge in [-0.2, -0.15) is 4.52 Å². The zero-order valence-electron chi connectivity index (χ0n) is 11.1. The van der Waals surface area contributed by atoms with Crippen LogP contribution in [0.2, 0.25) is 0 Å². The lowest BCUT2D eigenvalue weighted by Crippen LogP contribution is -2.28. The number of fused-ring (bicyclic) bond motifs is 1. The number of ether oxygens (including phenoxy) is 2. The highest BCUT2D eigenvalue weighted by Crippen LogP contribution is 2.22. The molecule has 7 nitrogen and oxygen atoms in total. The first kappa shape index (κ1) is 12.3. The summed E-state index contributed by atoms with van der Waals surface area (Å²) < 4.78 is 12.8. The fraction of sp³-hybridized carbons (Fsp3) is 0.583. The fourth-order valence-electron chi connectivity index (χ4n) is 2.11. The third-order valence-electron chi connectivity index (χ3n) is 3.20. The summed E-state index contributed by atoms with van der Waals surface area (Å²) in [5.41, 5.74) is 0.748. The number of nitrogens with one attached hydrogen (secondary N) is 1. The SMILES string of the molecule is Cc1nnc2ccc(NCCC3(C)OCCO3)nn12. The summed E-state index contributed by atoms with van der Waals surface area (Å²) in [6, 6.07) is 3.78. The Labute approximate surface area is 110 Å². The van der Waals surface area contributed by atoms with Crippen LogP contribution in [-0.4, -0.2) is 45.4 Å². The van der Waals surface area contributed by atoms with Crippen LogP contribution in [0.5, 0.6) is 0 Å². The van der Waals surface area contributed by atoms with E-state index < -0.39 is 5.79 Å². The van der Waals surface area contributed by atoms with Gasteiger partial charge in [0.2, 0.25) is 0 Å². The number of rotatable bonds is 4. The zero-order chi connectivity index (χ0) is 13.3. The molecule has 1 fully saturated rings. The molecule has 1 N–H and O–H groups in total. The van der Waals surface area contributed by atoms with Crippen molar-refractivity contribution in [2.24, 2.45) is 0 Å². The summed E-state index contributed by atoms with van der Waals surface area (Å²) in [5.74, 6) is 1.09. The summed E-state index contributed by atoms with van der Waals surface area (Å²) in [6.45, 7) is 5.90. The van der Waals surface area contributed by atoms with E-state index in [1.54, 1.807) is 4.52 Å². The van der Waals surface area contributed by atoms with Crippen LogP contribution in [-0.2, 0) is 9.47 Å². The van der Waals surface area contributed by atoms with E-state index in [2.05, 4.69) is 20.6 Å². The maximum atomic E-state index is 5.55. The normalized spacial score (nSPS) is 18.0. The van der Waals surface area contributed by atoms with Gasteiger partial charge in [0, 0.05) is 13.0 Å². The molecule has 3 heterocycles. The van der Waals surface area contributed by atoms with Crippen LogP contribution < -0.4 is 5.32 Å². The Morgan fingerprint density at radius 1 is 1.32 bits per heavy atom. The summed E-state index contributed by atoms with van der Waals surface area (Å²) in [4.78, 5) is 0. The summed E-state index contributed by atoms with van der Waals surface area (Å²) in [6.07, 6.45) is 0.772. The van der Waals surface area contributed by atoms with E-state index in [9.17, 15) is 0 Å². The van der Waals surface area contributed by atoms with Crippen molar-refractivity contribution in [2.75, 3.05) is 25.1 Å². The van der Waals surface area contributed by atoms with E-state index in [1.165, 1.54) is 0 Å². The van der Waals surface area contributed by atoms with Crippen LogP contribution >= 0.6 is 0 Å². The van der Waals surface area contributed by atoms with Crippen LogP contribution in [0.4, 0.5) is 5.82 Å². The van der Waals surface area contributed by atoms with Gasteiger partial charge in [-0.15, -0.1) is 15.3 Å². The lowest BCUT2D eigenvalue weighted by Gasteiger charge is -2.22. The molecule has 0 atom stereocenters. The molecule has 0 aromatic carbocycles. The number of aromatic nitrogens is 4. The van der Waals surface area contributed by atoms with Crippen molar-refractivity contribution in [1.82, 2.24) is 19.8 Å². The maximum absolute atomic E-state index is 5.55. The molecule has 7 heteroatoms. The monoisotopic (exact) mass is 263 g/mol. The van der Waals surface area contributed by atoms with Crippen LogP contribution in [0.25, 0.3) is 5.65 Å². The van der Waals surface area contributed by atoms with Crippen LogP contribution in [0.1, 0.15) is 19.2 Å². The Balaban J connectivity index is 1.63. The Kier molecular flexibility index (Phi) is 3.08. The number of nitrogens with zero attached hydrogens (tertiary/aromatic N) is 4. The molecule has 0 amide bonds. The van der Waals surface area contributed by atoms with Gasteiger partial charge in [-0.25, -0.2) is 0 Å². The van der Waals surface area contributed by atoms with E-state index in [-0.39, 0.29) is 0 Å². The number of hydrogen-bond acceptors (Lipinski definition) is 6. The minimum atomic E-state index is -0.469. The largest absolute Gasteiger partial charge is 0.368 e. The van der Waals surface area contributed by atoms with Gasteiger partial charge in [0.05, 0.1) is 13.2 Å². The second-order valence-electron chi connectivity index (χ2n) is 4.74. The van der Waals surface area contributed by atoms with Gasteiger partial charge in [-0.1, -0.05) is 0 Å². The molecule has 1 aliphatic heterocycles. The van der Waals surface area contributed by atoms with Crippen molar-refractivity contribution in [1.29, 1.82) is 0 Å². The molecule has 1 saturated heterocycles. The average molecular weight is 263 g/mol. The van der Waals surface area contributed by atoms with Crippen molar-refractivity contribution in [3.05, 3.63) is 18.0 Å². The van der Waals surface area contributed by atoms with Crippen LogP contribution in [0, 0.1) is 6.92 Å².